The number of hydrogen-bond acceptors (Lipinski definition) is 5. The summed E-state index contributed by atoms with van der Waals surface area (Å²) in [5.74, 6) is -0.136. The highest BCUT2D eigenvalue weighted by molar-refractivity contribution is 7.72. The molecule has 0 heterocycles. The number of rotatable bonds is 7. The molecule has 3 aromatic carbocycles. The van der Waals surface area contributed by atoms with Crippen molar-refractivity contribution >= 4 is 59.2 Å². The van der Waals surface area contributed by atoms with Crippen LogP contribution in [0.2, 0.25) is 15.1 Å². The van der Waals surface area contributed by atoms with Crippen molar-refractivity contribution in [3.8, 4) is 11.5 Å². The van der Waals surface area contributed by atoms with E-state index >= 15 is 0 Å². The summed E-state index contributed by atoms with van der Waals surface area (Å²) in [6.07, 6.45) is 0. The number of methoxy groups -OCH3 is 2. The minimum absolute atomic E-state index is 0.0154. The molecule has 0 radical (unpaired) electrons. The molecule has 0 aliphatic rings. The highest BCUT2D eigenvalue weighted by atomic mass is 35.5. The average Bonchev–Trinajstić information content (AvgIpc) is 2.77. The molecule has 0 saturated carbocycles. The third-order valence-electron chi connectivity index (χ3n) is 4.44. The van der Waals surface area contributed by atoms with E-state index in [1.54, 1.807) is 36.4 Å². The van der Waals surface area contributed by atoms with Gasteiger partial charge in [-0.15, -0.1) is 0 Å². The Kier molecular flexibility index (Phi) is 7.34. The molecule has 0 aliphatic carbocycles. The Morgan fingerprint density at radius 2 is 1.39 bits per heavy atom. The maximum Gasteiger partial charge on any atom is 0.462 e. The second kappa shape index (κ2) is 9.80. The zero-order chi connectivity index (χ0) is 22.7. The van der Waals surface area contributed by atoms with E-state index in [1.807, 2.05) is 0 Å². The number of ether oxygens (including phenoxy) is 2. The van der Waals surface area contributed by atoms with Crippen LogP contribution in [-0.2, 0) is 4.57 Å². The summed E-state index contributed by atoms with van der Waals surface area (Å²) in [5, 5.41) is -0.532. The van der Waals surface area contributed by atoms with Gasteiger partial charge in [0, 0.05) is 5.56 Å². The predicted molar refractivity (Wildman–Crippen MR) is 122 cm³/mol. The summed E-state index contributed by atoms with van der Waals surface area (Å²) in [5.41, 5.74) is -0.593. The Morgan fingerprint density at radius 1 is 0.806 bits per heavy atom. The van der Waals surface area contributed by atoms with Crippen molar-refractivity contribution in [1.29, 1.82) is 0 Å². The molecule has 0 aliphatic heterocycles. The molecule has 0 saturated heterocycles. The number of carbonyl (C=O) groups excluding carboxylic acids is 2. The molecule has 0 spiro atoms. The van der Waals surface area contributed by atoms with Crippen LogP contribution < -0.4 is 14.8 Å². The fourth-order valence-corrected chi connectivity index (χ4v) is 5.54. The molecule has 158 valence electrons. The maximum absolute atomic E-state index is 13.3. The van der Waals surface area contributed by atoms with Gasteiger partial charge in [0.1, 0.15) is 16.5 Å². The van der Waals surface area contributed by atoms with Gasteiger partial charge in [0.25, 0.3) is 0 Å². The SMILES string of the molecule is COc1cccc(OC)c1C(=O)[P+](=O)c1c(Cl)cc(Cl)c(C(=O)c2ccccc2)c1Cl. The van der Waals surface area contributed by atoms with Gasteiger partial charge in [0.05, 0.1) is 29.8 Å². The lowest BCUT2D eigenvalue weighted by atomic mass is 10.0. The Bertz CT molecular complexity index is 1170. The fourth-order valence-electron chi connectivity index (χ4n) is 2.97. The van der Waals surface area contributed by atoms with Gasteiger partial charge < -0.3 is 9.47 Å². The summed E-state index contributed by atoms with van der Waals surface area (Å²) < 4.78 is 23.8. The van der Waals surface area contributed by atoms with E-state index in [9.17, 15) is 14.2 Å². The van der Waals surface area contributed by atoms with Crippen molar-refractivity contribution in [3.63, 3.8) is 0 Å². The van der Waals surface area contributed by atoms with Gasteiger partial charge in [-0.3, -0.25) is 4.79 Å². The van der Waals surface area contributed by atoms with Crippen LogP contribution in [0.25, 0.3) is 0 Å². The van der Waals surface area contributed by atoms with Gasteiger partial charge in [0.2, 0.25) is 5.30 Å². The monoisotopic (exact) mass is 495 g/mol. The molecule has 3 rings (SSSR count). The van der Waals surface area contributed by atoms with Crippen LogP contribution in [0.4, 0.5) is 0 Å². The molecule has 0 aromatic heterocycles. The summed E-state index contributed by atoms with van der Waals surface area (Å²) in [4.78, 5) is 26.1. The van der Waals surface area contributed by atoms with Crippen molar-refractivity contribution in [3.05, 3.63) is 86.4 Å². The number of carbonyl (C=O) groups is 2. The average molecular weight is 497 g/mol. The van der Waals surface area contributed by atoms with Gasteiger partial charge in [-0.05, 0) is 18.2 Å². The Hall–Kier alpha value is -2.43. The van der Waals surface area contributed by atoms with E-state index in [1.165, 1.54) is 32.4 Å². The summed E-state index contributed by atoms with van der Waals surface area (Å²) in [7, 11) is -0.0995. The first-order valence-electron chi connectivity index (χ1n) is 8.81. The molecule has 0 bridgehead atoms. The van der Waals surface area contributed by atoms with Crippen molar-refractivity contribution in [1.82, 2.24) is 0 Å². The van der Waals surface area contributed by atoms with Crippen molar-refractivity contribution in [2.24, 2.45) is 0 Å². The molecular formula is C22H15Cl3O5P+. The van der Waals surface area contributed by atoms with E-state index < -0.39 is 19.1 Å². The molecule has 0 fully saturated rings. The second-order valence-electron chi connectivity index (χ2n) is 6.21. The first-order chi connectivity index (χ1) is 14.8. The van der Waals surface area contributed by atoms with Gasteiger partial charge in [-0.1, -0.05) is 75.8 Å². The van der Waals surface area contributed by atoms with E-state index in [0.717, 1.165) is 0 Å². The summed E-state index contributed by atoms with van der Waals surface area (Å²) in [6, 6.07) is 14.3. The number of halogens is 3. The smallest absolute Gasteiger partial charge is 0.462 e. The fraction of sp³-hybridized carbons (Fsp3) is 0.0909. The first kappa shape index (κ1) is 23.2. The minimum atomic E-state index is -2.84. The van der Waals surface area contributed by atoms with Crippen LogP contribution in [0, 0.1) is 0 Å². The number of ketones is 1. The van der Waals surface area contributed by atoms with Gasteiger partial charge in [-0.2, -0.15) is 0 Å². The van der Waals surface area contributed by atoms with Crippen molar-refractivity contribution < 1.29 is 23.6 Å². The number of benzene rings is 3. The summed E-state index contributed by atoms with van der Waals surface area (Å²) >= 11 is 18.9. The van der Waals surface area contributed by atoms with Crippen LogP contribution in [-0.4, -0.2) is 25.5 Å². The van der Waals surface area contributed by atoms with E-state index in [-0.39, 0.29) is 43.0 Å². The molecule has 1 unspecified atom stereocenters. The lowest BCUT2D eigenvalue weighted by molar-refractivity contribution is 0.103. The minimum Gasteiger partial charge on any atom is -0.496 e. The molecule has 3 aromatic rings. The van der Waals surface area contributed by atoms with Crippen LogP contribution >= 0.6 is 42.6 Å². The predicted octanol–water partition coefficient (Wildman–Crippen LogP) is 6.19. The molecule has 31 heavy (non-hydrogen) atoms. The Labute approximate surface area is 194 Å². The normalized spacial score (nSPS) is 11.1. The van der Waals surface area contributed by atoms with Crippen molar-refractivity contribution in [2.75, 3.05) is 14.2 Å². The lowest BCUT2D eigenvalue weighted by Gasteiger charge is -2.10. The van der Waals surface area contributed by atoms with Crippen LogP contribution in [0.1, 0.15) is 26.3 Å². The highest BCUT2D eigenvalue weighted by Crippen LogP contribution is 2.42. The Balaban J connectivity index is 2.15. The zero-order valence-electron chi connectivity index (χ0n) is 16.3. The van der Waals surface area contributed by atoms with E-state index in [2.05, 4.69) is 0 Å². The molecule has 1 atom stereocenters. The van der Waals surface area contributed by atoms with Gasteiger partial charge in [0.15, 0.2) is 11.3 Å². The second-order valence-corrected chi connectivity index (χ2v) is 8.84. The Morgan fingerprint density at radius 3 is 1.94 bits per heavy atom. The highest BCUT2D eigenvalue weighted by Gasteiger charge is 2.42. The van der Waals surface area contributed by atoms with Gasteiger partial charge >= 0.3 is 13.3 Å². The molecule has 5 nitrogen and oxygen atoms in total. The quantitative estimate of drug-likeness (QED) is 0.288. The van der Waals surface area contributed by atoms with E-state index in [4.69, 9.17) is 44.3 Å². The van der Waals surface area contributed by atoms with Crippen LogP contribution in [0.3, 0.4) is 0 Å². The first-order valence-corrected chi connectivity index (χ1v) is 11.2. The standard InChI is InChI=1S/C22H15Cl3O5P/c1-29-15-9-6-10-16(30-2)18(15)22(27)31(28)21-14(24)11-13(23)17(19(21)25)20(26)12-7-4-3-5-8-12/h3-11H,1-2H3/q+1. The lowest BCUT2D eigenvalue weighted by Crippen LogP contribution is -2.14. The molecular weight excluding hydrogens is 482 g/mol. The van der Waals surface area contributed by atoms with Crippen molar-refractivity contribution in [2.45, 2.75) is 0 Å². The topological polar surface area (TPSA) is 69.7 Å². The molecule has 0 amide bonds. The third kappa shape index (κ3) is 4.46. The third-order valence-corrected chi connectivity index (χ3v) is 7.14. The van der Waals surface area contributed by atoms with E-state index in [0.29, 0.717) is 5.56 Å². The molecule has 0 N–H and O–H groups in total. The van der Waals surface area contributed by atoms with Crippen LogP contribution in [0.15, 0.2) is 54.6 Å². The summed E-state index contributed by atoms with van der Waals surface area (Å²) in [6.45, 7) is 0. The zero-order valence-corrected chi connectivity index (χ0v) is 19.5. The maximum atomic E-state index is 13.3. The van der Waals surface area contributed by atoms with Gasteiger partial charge in [-0.25, -0.2) is 4.79 Å². The largest absolute Gasteiger partial charge is 0.496 e. The van der Waals surface area contributed by atoms with Crippen LogP contribution in [0.5, 0.6) is 11.5 Å². The number of hydrogen-bond donors (Lipinski definition) is 0. The molecule has 9 heteroatoms.